The van der Waals surface area contributed by atoms with Crippen molar-refractivity contribution in [2.75, 3.05) is 14.2 Å². The molecule has 0 fully saturated rings. The smallest absolute Gasteiger partial charge is 0.387 e. The van der Waals surface area contributed by atoms with Gasteiger partial charge in [-0.2, -0.15) is 8.78 Å². The normalized spacial score (nSPS) is 11.1. The first kappa shape index (κ1) is 20.1. The van der Waals surface area contributed by atoms with Crippen LogP contribution in [0.3, 0.4) is 0 Å². The van der Waals surface area contributed by atoms with Crippen molar-refractivity contribution >= 4 is 6.21 Å². The van der Waals surface area contributed by atoms with E-state index >= 15 is 0 Å². The molecule has 0 aliphatic carbocycles. The van der Waals surface area contributed by atoms with Gasteiger partial charge in [-0.1, -0.05) is 5.16 Å². The van der Waals surface area contributed by atoms with Crippen LogP contribution in [0.15, 0.2) is 52.0 Å². The van der Waals surface area contributed by atoms with E-state index in [1.165, 1.54) is 31.5 Å². The zero-order chi connectivity index (χ0) is 20.6. The fourth-order valence-corrected chi connectivity index (χ4v) is 2.31. The molecular weight excluding hydrogens is 388 g/mol. The standard InChI is InChI=1S/C19H17F2N3O5/c1-25-14-6-4-13(5-7-14)18-24-23-17(29-18)11-27-22-10-12-3-8-15(28-19(20)21)16(9-12)26-2/h3-10,19H,11H2,1-2H3/b22-10+. The lowest BCUT2D eigenvalue weighted by molar-refractivity contribution is -0.0512. The number of oxime groups is 1. The van der Waals surface area contributed by atoms with Crippen LogP contribution in [0.5, 0.6) is 17.2 Å². The van der Waals surface area contributed by atoms with Crippen LogP contribution in [0.4, 0.5) is 8.78 Å². The van der Waals surface area contributed by atoms with Crippen molar-refractivity contribution in [3.63, 3.8) is 0 Å². The SMILES string of the molecule is COc1ccc(-c2nnc(CO/N=C/c3ccc(OC(F)F)c(OC)c3)o2)cc1. The van der Waals surface area contributed by atoms with Crippen molar-refractivity contribution in [3.05, 3.63) is 53.9 Å². The Labute approximate surface area is 164 Å². The topological polar surface area (TPSA) is 88.2 Å². The van der Waals surface area contributed by atoms with E-state index in [-0.39, 0.29) is 24.0 Å². The summed E-state index contributed by atoms with van der Waals surface area (Å²) in [4.78, 5) is 5.14. The molecule has 0 aliphatic rings. The van der Waals surface area contributed by atoms with Gasteiger partial charge in [0.15, 0.2) is 18.1 Å². The van der Waals surface area contributed by atoms with Gasteiger partial charge in [-0.05, 0) is 42.5 Å². The number of aromatic nitrogens is 2. The number of halogens is 2. The van der Waals surface area contributed by atoms with E-state index in [2.05, 4.69) is 20.1 Å². The quantitative estimate of drug-likeness (QED) is 0.394. The Morgan fingerprint density at radius 2 is 1.83 bits per heavy atom. The molecule has 3 rings (SSSR count). The maximum Gasteiger partial charge on any atom is 0.387 e. The lowest BCUT2D eigenvalue weighted by Crippen LogP contribution is -2.03. The van der Waals surface area contributed by atoms with Crippen LogP contribution < -0.4 is 14.2 Å². The average Bonchev–Trinajstić information content (AvgIpc) is 3.20. The van der Waals surface area contributed by atoms with Gasteiger partial charge >= 0.3 is 6.61 Å². The van der Waals surface area contributed by atoms with Gasteiger partial charge in [0.25, 0.3) is 5.89 Å². The fourth-order valence-electron chi connectivity index (χ4n) is 2.31. The van der Waals surface area contributed by atoms with Gasteiger partial charge in [-0.25, -0.2) is 0 Å². The maximum absolute atomic E-state index is 12.3. The van der Waals surface area contributed by atoms with Crippen LogP contribution in [0, 0.1) is 0 Å². The van der Waals surface area contributed by atoms with E-state index < -0.39 is 6.61 Å². The predicted octanol–water partition coefficient (Wildman–Crippen LogP) is 3.91. The average molecular weight is 405 g/mol. The Hall–Kier alpha value is -3.69. The summed E-state index contributed by atoms with van der Waals surface area (Å²) in [5.41, 5.74) is 1.30. The minimum atomic E-state index is -2.94. The highest BCUT2D eigenvalue weighted by Crippen LogP contribution is 2.29. The van der Waals surface area contributed by atoms with Gasteiger partial charge in [0.2, 0.25) is 5.89 Å². The van der Waals surface area contributed by atoms with Crippen molar-refractivity contribution in [3.8, 4) is 28.7 Å². The monoisotopic (exact) mass is 405 g/mol. The third-order valence-corrected chi connectivity index (χ3v) is 3.67. The molecule has 0 aliphatic heterocycles. The highest BCUT2D eigenvalue weighted by atomic mass is 19.3. The molecular formula is C19H17F2N3O5. The minimum Gasteiger partial charge on any atom is -0.497 e. The molecule has 0 N–H and O–H groups in total. The first-order chi connectivity index (χ1) is 14.1. The molecule has 0 atom stereocenters. The number of alkyl halides is 2. The Bertz CT molecular complexity index is 961. The molecule has 3 aromatic rings. The summed E-state index contributed by atoms with van der Waals surface area (Å²) in [5.74, 6) is 1.38. The van der Waals surface area contributed by atoms with Gasteiger partial charge in [0.1, 0.15) is 5.75 Å². The zero-order valence-corrected chi connectivity index (χ0v) is 15.5. The molecule has 0 saturated heterocycles. The van der Waals surface area contributed by atoms with Gasteiger partial charge in [0.05, 0.1) is 20.4 Å². The molecule has 0 spiro atoms. The van der Waals surface area contributed by atoms with Gasteiger partial charge < -0.3 is 23.5 Å². The van der Waals surface area contributed by atoms with Crippen molar-refractivity contribution in [1.29, 1.82) is 0 Å². The van der Waals surface area contributed by atoms with E-state index in [9.17, 15) is 8.78 Å². The van der Waals surface area contributed by atoms with Crippen molar-refractivity contribution in [2.24, 2.45) is 5.16 Å². The molecule has 2 aromatic carbocycles. The van der Waals surface area contributed by atoms with Crippen molar-refractivity contribution < 1.29 is 32.2 Å². The number of rotatable bonds is 9. The van der Waals surface area contributed by atoms with Crippen LogP contribution in [0.1, 0.15) is 11.5 Å². The second-order valence-corrected chi connectivity index (χ2v) is 5.53. The van der Waals surface area contributed by atoms with E-state index in [0.29, 0.717) is 11.5 Å². The maximum atomic E-state index is 12.3. The number of benzene rings is 2. The van der Waals surface area contributed by atoms with Gasteiger partial charge in [0, 0.05) is 11.1 Å². The molecule has 0 bridgehead atoms. The molecule has 0 unspecified atom stereocenters. The summed E-state index contributed by atoms with van der Waals surface area (Å²) < 4.78 is 44.7. The van der Waals surface area contributed by atoms with E-state index in [4.69, 9.17) is 18.7 Å². The number of nitrogens with zero attached hydrogens (tertiary/aromatic N) is 3. The van der Waals surface area contributed by atoms with Crippen LogP contribution in [-0.2, 0) is 11.4 Å². The summed E-state index contributed by atoms with van der Waals surface area (Å²) >= 11 is 0. The molecule has 29 heavy (non-hydrogen) atoms. The molecule has 0 saturated carbocycles. The number of hydrogen-bond donors (Lipinski definition) is 0. The molecule has 8 nitrogen and oxygen atoms in total. The predicted molar refractivity (Wildman–Crippen MR) is 98.3 cm³/mol. The molecule has 10 heteroatoms. The van der Waals surface area contributed by atoms with Crippen LogP contribution >= 0.6 is 0 Å². The molecule has 152 valence electrons. The van der Waals surface area contributed by atoms with Gasteiger partial charge in [-0.3, -0.25) is 0 Å². The molecule has 0 radical (unpaired) electrons. The van der Waals surface area contributed by atoms with Crippen molar-refractivity contribution in [2.45, 2.75) is 13.2 Å². The van der Waals surface area contributed by atoms with Crippen LogP contribution in [0.2, 0.25) is 0 Å². The lowest BCUT2D eigenvalue weighted by atomic mass is 10.2. The molecule has 1 heterocycles. The lowest BCUT2D eigenvalue weighted by Gasteiger charge is -2.09. The molecule has 1 aromatic heterocycles. The summed E-state index contributed by atoms with van der Waals surface area (Å²) in [5, 5.41) is 11.6. The molecule has 0 amide bonds. The third-order valence-electron chi connectivity index (χ3n) is 3.67. The zero-order valence-electron chi connectivity index (χ0n) is 15.5. The largest absolute Gasteiger partial charge is 0.497 e. The first-order valence-corrected chi connectivity index (χ1v) is 8.34. The van der Waals surface area contributed by atoms with Crippen LogP contribution in [0.25, 0.3) is 11.5 Å². The van der Waals surface area contributed by atoms with Crippen molar-refractivity contribution in [1.82, 2.24) is 10.2 Å². The highest BCUT2D eigenvalue weighted by molar-refractivity contribution is 5.80. The summed E-state index contributed by atoms with van der Waals surface area (Å²) in [7, 11) is 2.93. The Morgan fingerprint density at radius 1 is 1.03 bits per heavy atom. The van der Waals surface area contributed by atoms with E-state index in [1.54, 1.807) is 31.4 Å². The Balaban J connectivity index is 1.57. The van der Waals surface area contributed by atoms with Gasteiger partial charge in [-0.15, -0.1) is 10.2 Å². The highest BCUT2D eigenvalue weighted by Gasteiger charge is 2.11. The summed E-state index contributed by atoms with van der Waals surface area (Å²) in [6, 6.07) is 11.5. The van der Waals surface area contributed by atoms with E-state index in [0.717, 1.165) is 11.3 Å². The minimum absolute atomic E-state index is 0.0383. The van der Waals surface area contributed by atoms with Crippen LogP contribution in [-0.4, -0.2) is 37.2 Å². The fraction of sp³-hybridized carbons (Fsp3) is 0.211. The summed E-state index contributed by atoms with van der Waals surface area (Å²) in [6.07, 6.45) is 1.38. The second-order valence-electron chi connectivity index (χ2n) is 5.53. The Morgan fingerprint density at radius 3 is 2.52 bits per heavy atom. The Kier molecular flexibility index (Phi) is 6.56. The number of ether oxygens (including phenoxy) is 3. The number of methoxy groups -OCH3 is 2. The number of hydrogen-bond acceptors (Lipinski definition) is 8. The first-order valence-electron chi connectivity index (χ1n) is 8.34. The summed E-state index contributed by atoms with van der Waals surface area (Å²) in [6.45, 7) is -2.98. The van der Waals surface area contributed by atoms with E-state index in [1.807, 2.05) is 0 Å². The second kappa shape index (κ2) is 9.49. The third kappa shape index (κ3) is 5.41.